The Morgan fingerprint density at radius 2 is 1.91 bits per heavy atom. The summed E-state index contributed by atoms with van der Waals surface area (Å²) < 4.78 is 28.7. The molecule has 186 valence electrons. The largest absolute Gasteiger partial charge is 0.510 e. The van der Waals surface area contributed by atoms with Gasteiger partial charge in [0.15, 0.2) is 18.9 Å². The van der Waals surface area contributed by atoms with E-state index in [2.05, 4.69) is 10.7 Å². The van der Waals surface area contributed by atoms with Gasteiger partial charge in [-0.05, 0) is 6.08 Å². The molecule has 0 aliphatic carbocycles. The maximum atomic E-state index is 12.7. The van der Waals surface area contributed by atoms with E-state index < -0.39 is 40.1 Å². The molecule has 35 heavy (non-hydrogen) atoms. The molecule has 6 amide bonds. The quantitative estimate of drug-likeness (QED) is 0.204. The van der Waals surface area contributed by atoms with Gasteiger partial charge in [0.2, 0.25) is 5.91 Å². The van der Waals surface area contributed by atoms with Crippen molar-refractivity contribution in [2.45, 2.75) is 19.0 Å². The van der Waals surface area contributed by atoms with E-state index in [9.17, 15) is 32.7 Å². The van der Waals surface area contributed by atoms with Gasteiger partial charge in [0.05, 0.1) is 19.6 Å². The van der Waals surface area contributed by atoms with E-state index in [0.717, 1.165) is 5.01 Å². The van der Waals surface area contributed by atoms with Crippen LogP contribution in [0.15, 0.2) is 53.8 Å². The van der Waals surface area contributed by atoms with Crippen molar-refractivity contribution >= 4 is 34.1 Å². The first-order chi connectivity index (χ1) is 16.6. The zero-order valence-corrected chi connectivity index (χ0v) is 19.1. The highest BCUT2D eigenvalue weighted by molar-refractivity contribution is 7.88. The highest BCUT2D eigenvalue weighted by Crippen LogP contribution is 2.16. The summed E-state index contributed by atoms with van der Waals surface area (Å²) in [7, 11) is -4.63. The first kappa shape index (κ1) is 24.0. The molecule has 2 fully saturated rings. The van der Waals surface area contributed by atoms with E-state index in [1.807, 2.05) is 18.2 Å². The Kier molecular flexibility index (Phi) is 6.31. The van der Waals surface area contributed by atoms with Crippen LogP contribution < -0.4 is 25.8 Å². The monoisotopic (exact) mass is 507 g/mol. The summed E-state index contributed by atoms with van der Waals surface area (Å²) in [6, 6.07) is 2.25. The highest BCUT2D eigenvalue weighted by atomic mass is 32.2. The second kappa shape index (κ2) is 9.22. The van der Waals surface area contributed by atoms with Crippen molar-refractivity contribution in [3.8, 4) is 0 Å². The first-order valence-corrected chi connectivity index (χ1v) is 11.9. The number of urea groups is 2. The van der Waals surface area contributed by atoms with Crippen molar-refractivity contribution in [2.24, 2.45) is 5.73 Å². The van der Waals surface area contributed by atoms with Gasteiger partial charge in [-0.1, -0.05) is 6.07 Å². The van der Waals surface area contributed by atoms with Gasteiger partial charge in [-0.15, -0.1) is 0 Å². The highest BCUT2D eigenvalue weighted by Gasteiger charge is 2.43. The lowest BCUT2D eigenvalue weighted by Crippen LogP contribution is -2.66. The molecule has 1 aromatic rings. The van der Waals surface area contributed by atoms with E-state index >= 15 is 0 Å². The number of allylic oxidation sites excluding steroid dienone is 2. The molecular weight excluding hydrogens is 484 g/mol. The third kappa shape index (κ3) is 4.87. The molecule has 0 bridgehead atoms. The molecule has 0 radical (unpaired) electrons. The molecule has 0 aromatic carbocycles. The Bertz CT molecular complexity index is 1250. The van der Waals surface area contributed by atoms with E-state index in [1.54, 1.807) is 21.7 Å². The Morgan fingerprint density at radius 3 is 2.57 bits per heavy atom. The number of pyridine rings is 1. The predicted molar refractivity (Wildman–Crippen MR) is 116 cm³/mol. The zero-order valence-electron chi connectivity index (χ0n) is 18.2. The van der Waals surface area contributed by atoms with Gasteiger partial charge in [0, 0.05) is 18.6 Å². The topological polar surface area (TPSA) is 198 Å². The number of carbonyl (C=O) groups is 4. The summed E-state index contributed by atoms with van der Waals surface area (Å²) in [5, 5.41) is 13.8. The summed E-state index contributed by atoms with van der Waals surface area (Å²) in [5.41, 5.74) is 8.14. The van der Waals surface area contributed by atoms with E-state index in [1.165, 1.54) is 6.08 Å². The maximum absolute atomic E-state index is 12.7. The van der Waals surface area contributed by atoms with Gasteiger partial charge in [-0.3, -0.25) is 19.9 Å². The number of rotatable bonds is 6. The number of aromatic nitrogens is 1. The Balaban J connectivity index is 1.34. The number of carbonyl (C=O) groups excluding carboxylic acids is 4. The average molecular weight is 508 g/mol. The fourth-order valence-electron chi connectivity index (χ4n) is 3.49. The molecule has 4 heterocycles. The summed E-state index contributed by atoms with van der Waals surface area (Å²) in [5.74, 6) is -1.42. The SMILES string of the molecule is NC1CN(C(=O)NS(=O)(=O)N2CCN(NC(=O)C3=CCC(O)=C(C[n+]4ccccc4)N3)C2=O)C1=O. The van der Waals surface area contributed by atoms with Crippen molar-refractivity contribution in [2.75, 3.05) is 19.6 Å². The molecule has 0 saturated carbocycles. The number of dihydropyridines is 1. The van der Waals surface area contributed by atoms with Crippen LogP contribution in [0, 0.1) is 0 Å². The van der Waals surface area contributed by atoms with Crippen LogP contribution >= 0.6 is 0 Å². The number of aliphatic hydroxyl groups excluding tert-OH is 1. The van der Waals surface area contributed by atoms with E-state index in [0.29, 0.717) is 14.9 Å². The van der Waals surface area contributed by atoms with Crippen LogP contribution in [0.1, 0.15) is 6.42 Å². The number of nitrogens with zero attached hydrogens (tertiary/aromatic N) is 4. The van der Waals surface area contributed by atoms with E-state index in [4.69, 9.17) is 5.73 Å². The lowest BCUT2D eigenvalue weighted by Gasteiger charge is -2.34. The Morgan fingerprint density at radius 1 is 1.20 bits per heavy atom. The third-order valence-corrected chi connectivity index (χ3v) is 6.77. The van der Waals surface area contributed by atoms with Crippen LogP contribution in [-0.2, 0) is 26.3 Å². The minimum Gasteiger partial charge on any atom is -0.510 e. The maximum Gasteiger partial charge on any atom is 0.353 e. The van der Waals surface area contributed by atoms with Crippen LogP contribution in [0.2, 0.25) is 0 Å². The van der Waals surface area contributed by atoms with Crippen molar-refractivity contribution in [1.29, 1.82) is 0 Å². The van der Waals surface area contributed by atoms with Crippen LogP contribution in [0.5, 0.6) is 0 Å². The molecule has 3 aliphatic rings. The minimum atomic E-state index is -4.63. The Labute approximate surface area is 199 Å². The predicted octanol–water partition coefficient (Wildman–Crippen LogP) is -2.49. The van der Waals surface area contributed by atoms with Crippen molar-refractivity contribution < 1.29 is 37.3 Å². The van der Waals surface area contributed by atoms with Crippen molar-refractivity contribution in [3.63, 3.8) is 0 Å². The fourth-order valence-corrected chi connectivity index (χ4v) is 4.56. The zero-order chi connectivity index (χ0) is 25.3. The van der Waals surface area contributed by atoms with Gasteiger partial charge >= 0.3 is 22.3 Å². The second-order valence-corrected chi connectivity index (χ2v) is 9.43. The smallest absolute Gasteiger partial charge is 0.353 e. The van der Waals surface area contributed by atoms with Crippen LogP contribution in [0.25, 0.3) is 0 Å². The number of nitrogens with one attached hydrogen (secondary N) is 3. The molecule has 1 atom stereocenters. The van der Waals surface area contributed by atoms with Crippen LogP contribution in [0.4, 0.5) is 9.59 Å². The molecule has 4 rings (SSSR count). The number of imide groups is 1. The molecule has 16 heteroatoms. The number of nitrogens with two attached hydrogens (primary N) is 1. The molecule has 1 unspecified atom stereocenters. The lowest BCUT2D eigenvalue weighted by atomic mass is 10.1. The van der Waals surface area contributed by atoms with Crippen molar-refractivity contribution in [3.05, 3.63) is 53.8 Å². The molecular formula is C19H23N8O7S+. The van der Waals surface area contributed by atoms with Gasteiger partial charge in [-0.25, -0.2) is 23.6 Å². The number of likely N-dealkylation sites (tertiary alicyclic amines) is 1. The molecule has 2 saturated heterocycles. The minimum absolute atomic E-state index is 0.0461. The number of hydrogen-bond donors (Lipinski definition) is 5. The molecule has 0 spiro atoms. The summed E-state index contributed by atoms with van der Waals surface area (Å²) in [6.45, 7) is -0.421. The molecule has 3 aliphatic heterocycles. The first-order valence-electron chi connectivity index (χ1n) is 10.4. The summed E-state index contributed by atoms with van der Waals surface area (Å²) >= 11 is 0. The lowest BCUT2D eigenvalue weighted by molar-refractivity contribution is -0.689. The average Bonchev–Trinajstić information content (AvgIpc) is 3.19. The Hall–Kier alpha value is -4.18. The van der Waals surface area contributed by atoms with Gasteiger partial charge < -0.3 is 16.2 Å². The van der Waals surface area contributed by atoms with Gasteiger partial charge in [0.25, 0.3) is 5.91 Å². The number of hydrogen-bond acceptors (Lipinski definition) is 9. The molecule has 15 nitrogen and oxygen atoms in total. The van der Waals surface area contributed by atoms with Gasteiger partial charge in [0.1, 0.15) is 23.2 Å². The van der Waals surface area contributed by atoms with Crippen molar-refractivity contribution in [1.82, 2.24) is 29.7 Å². The van der Waals surface area contributed by atoms with Gasteiger partial charge in [-0.2, -0.15) is 13.0 Å². The molecule has 6 N–H and O–H groups in total. The fraction of sp³-hybridized carbons (Fsp3) is 0.316. The number of β-lactam (4-membered cyclic amide) rings is 1. The van der Waals surface area contributed by atoms with Crippen LogP contribution in [-0.4, -0.2) is 77.3 Å². The summed E-state index contributed by atoms with van der Waals surface area (Å²) in [4.78, 5) is 49.4. The third-order valence-electron chi connectivity index (χ3n) is 5.42. The van der Waals surface area contributed by atoms with Crippen LogP contribution in [0.3, 0.4) is 0 Å². The molecule has 1 aromatic heterocycles. The normalized spacial score (nSPS) is 20.3. The number of hydrazine groups is 1. The summed E-state index contributed by atoms with van der Waals surface area (Å²) in [6.07, 6.45) is 5.07. The number of aliphatic hydroxyl groups is 1. The standard InChI is InChI=1S/C19H22N8O7S/c20-12-10-25(17(12)30)18(31)23-35(33,34)27-9-8-26(19(27)32)22-16(29)13-4-5-15(28)14(21-13)11-24-6-2-1-3-7-24/h1-4,6-7,12,21H,5,8-11,20H2,(H2-,22,23,28,29,31)/p+1. The number of amides is 6. The second-order valence-electron chi connectivity index (χ2n) is 7.83. The van der Waals surface area contributed by atoms with E-state index in [-0.39, 0.29) is 44.1 Å².